The molecule has 0 aromatic carbocycles. The Kier molecular flexibility index (Phi) is 7.29. The fraction of sp³-hybridized carbons (Fsp3) is 0.739. The van der Waals surface area contributed by atoms with Crippen molar-refractivity contribution in [2.75, 3.05) is 31.3 Å². The van der Waals surface area contributed by atoms with Gasteiger partial charge >= 0.3 is 5.97 Å². The van der Waals surface area contributed by atoms with Gasteiger partial charge < -0.3 is 31.3 Å². The number of likely N-dealkylation sites (tertiary alicyclic amines) is 1. The quantitative estimate of drug-likeness (QED) is 0.253. The molecule has 0 aromatic heterocycles. The van der Waals surface area contributed by atoms with Crippen molar-refractivity contribution in [3.63, 3.8) is 0 Å². The highest BCUT2D eigenvalue weighted by Gasteiger charge is 2.60. The molecule has 0 radical (unpaired) electrons. The van der Waals surface area contributed by atoms with Crippen LogP contribution in [0.3, 0.4) is 0 Å². The Morgan fingerprint density at radius 1 is 1.28 bits per heavy atom. The minimum absolute atomic E-state index is 0.0253. The van der Waals surface area contributed by atoms with Gasteiger partial charge in [0.25, 0.3) is 0 Å². The highest BCUT2D eigenvalue weighted by Crippen LogP contribution is 2.51. The van der Waals surface area contributed by atoms with E-state index in [1.807, 2.05) is 13.8 Å². The number of nitrogens with zero attached hydrogens (tertiary/aromatic N) is 2. The molecule has 11 nitrogen and oxygen atoms in total. The molecule has 0 unspecified atom stereocenters. The van der Waals surface area contributed by atoms with Gasteiger partial charge in [-0.05, 0) is 19.8 Å². The average Bonchev–Trinajstić information content (AvgIpc) is 3.62. The van der Waals surface area contributed by atoms with E-state index in [1.54, 1.807) is 16.7 Å². The Balaban J connectivity index is 1.24. The van der Waals surface area contributed by atoms with Crippen LogP contribution >= 0.6 is 23.5 Å². The fourth-order valence-electron chi connectivity index (χ4n) is 6.04. The van der Waals surface area contributed by atoms with Crippen molar-refractivity contribution in [3.05, 3.63) is 10.6 Å². The standard InChI is InChI=1S/C23H34N6O5S2/c1-10-17-16(11(2)27-20(30)15-8-35-9-26-15)22(32)29(17)18(23(33)34)19(10)36-13-5-14(25-6-13)21(31)28-4-3-12(24)7-28/h10-17,25-26H,3-9,24H2,1-2H3,(H,27,30)(H,33,34)/t10-,11-,12+,13+,14+,15+,16-,17-/m1/s1. The van der Waals surface area contributed by atoms with Crippen molar-refractivity contribution in [3.8, 4) is 0 Å². The van der Waals surface area contributed by atoms with Crippen LogP contribution in [0.25, 0.3) is 0 Å². The lowest BCUT2D eigenvalue weighted by Gasteiger charge is -2.47. The van der Waals surface area contributed by atoms with Gasteiger partial charge in [-0.3, -0.25) is 19.7 Å². The van der Waals surface area contributed by atoms with Gasteiger partial charge in [0.2, 0.25) is 17.7 Å². The minimum Gasteiger partial charge on any atom is -0.477 e. The number of β-lactam (4-membered cyclic amide) rings is 1. The summed E-state index contributed by atoms with van der Waals surface area (Å²) in [5.41, 5.74) is 6.00. The van der Waals surface area contributed by atoms with Gasteiger partial charge in [0, 0.05) is 59.4 Å². The maximum atomic E-state index is 13.1. The lowest BCUT2D eigenvalue weighted by atomic mass is 9.78. The number of carboxylic acids is 1. The van der Waals surface area contributed by atoms with Crippen molar-refractivity contribution in [2.45, 2.75) is 62.1 Å². The molecule has 4 saturated heterocycles. The topological polar surface area (TPSA) is 157 Å². The molecule has 13 heteroatoms. The second-order valence-corrected chi connectivity index (χ2v) is 12.7. The number of aliphatic carboxylic acids is 1. The van der Waals surface area contributed by atoms with Gasteiger partial charge in [-0.15, -0.1) is 23.5 Å². The van der Waals surface area contributed by atoms with Crippen LogP contribution in [-0.2, 0) is 19.2 Å². The van der Waals surface area contributed by atoms with Gasteiger partial charge in [0.05, 0.1) is 24.0 Å². The molecule has 0 bridgehead atoms. The van der Waals surface area contributed by atoms with Gasteiger partial charge in [-0.25, -0.2) is 4.79 Å². The fourth-order valence-corrected chi connectivity index (χ4v) is 8.46. The maximum Gasteiger partial charge on any atom is 0.353 e. The van der Waals surface area contributed by atoms with E-state index in [2.05, 4.69) is 16.0 Å². The van der Waals surface area contributed by atoms with E-state index >= 15 is 0 Å². The first-order chi connectivity index (χ1) is 17.2. The predicted octanol–water partition coefficient (Wildman–Crippen LogP) is -1.05. The second kappa shape index (κ2) is 10.2. The summed E-state index contributed by atoms with van der Waals surface area (Å²) in [6.45, 7) is 5.61. The predicted molar refractivity (Wildman–Crippen MR) is 137 cm³/mol. The number of carboxylic acid groups (broad SMARTS) is 1. The normalized spacial score (nSPS) is 36.8. The monoisotopic (exact) mass is 538 g/mol. The van der Waals surface area contributed by atoms with Crippen LogP contribution < -0.4 is 21.7 Å². The molecular formula is C23H34N6O5S2. The number of carbonyl (C=O) groups is 4. The summed E-state index contributed by atoms with van der Waals surface area (Å²) in [5.74, 6) is -0.679. The minimum atomic E-state index is -1.12. The number of hydrogen-bond donors (Lipinski definition) is 5. The van der Waals surface area contributed by atoms with Crippen molar-refractivity contribution < 1.29 is 24.3 Å². The van der Waals surface area contributed by atoms with Crippen LogP contribution in [0.15, 0.2) is 10.6 Å². The molecule has 5 aliphatic heterocycles. The Bertz CT molecular complexity index is 988. The summed E-state index contributed by atoms with van der Waals surface area (Å²) in [6, 6.07) is -1.25. The number of nitrogens with two attached hydrogens (primary N) is 1. The molecule has 4 fully saturated rings. The largest absolute Gasteiger partial charge is 0.477 e. The first kappa shape index (κ1) is 25.8. The molecular weight excluding hydrogens is 504 g/mol. The van der Waals surface area contributed by atoms with Gasteiger partial charge in [-0.2, -0.15) is 0 Å². The highest BCUT2D eigenvalue weighted by atomic mass is 32.2. The van der Waals surface area contributed by atoms with E-state index in [0.717, 1.165) is 12.3 Å². The Hall–Kier alpha value is -1.80. The Labute approximate surface area is 218 Å². The lowest BCUT2D eigenvalue weighted by molar-refractivity contribution is -0.158. The van der Waals surface area contributed by atoms with E-state index in [1.165, 1.54) is 16.7 Å². The van der Waals surface area contributed by atoms with E-state index in [0.29, 0.717) is 36.7 Å². The molecule has 5 aliphatic rings. The zero-order valence-electron chi connectivity index (χ0n) is 20.4. The molecule has 198 valence electrons. The highest BCUT2D eigenvalue weighted by molar-refractivity contribution is 8.03. The number of nitrogens with one attached hydrogen (secondary N) is 3. The summed E-state index contributed by atoms with van der Waals surface area (Å²) in [7, 11) is 0. The molecule has 0 aliphatic carbocycles. The molecule has 5 heterocycles. The number of rotatable bonds is 7. The SMILES string of the molecule is C[C@@H](NC(=O)[C@@H]1CSCN1)[C@H]1C(=O)N2C(C(=O)O)=C(S[C@@H]3CN[C@H](C(=O)N4CC[C@H](N)C4)C3)[C@H](C)[C@H]12. The molecule has 3 amide bonds. The van der Waals surface area contributed by atoms with E-state index in [4.69, 9.17) is 5.73 Å². The first-order valence-corrected chi connectivity index (χ1v) is 14.6. The summed E-state index contributed by atoms with van der Waals surface area (Å²) in [4.78, 5) is 54.7. The first-order valence-electron chi connectivity index (χ1n) is 12.5. The second-order valence-electron chi connectivity index (χ2n) is 10.4. The van der Waals surface area contributed by atoms with Crippen molar-refractivity contribution in [1.82, 2.24) is 25.8 Å². The number of amides is 3. The van der Waals surface area contributed by atoms with Crippen LogP contribution in [0.5, 0.6) is 0 Å². The number of thioether (sulfide) groups is 2. The number of carbonyl (C=O) groups excluding carboxylic acids is 3. The van der Waals surface area contributed by atoms with Crippen LogP contribution in [-0.4, -0.2) is 105 Å². The van der Waals surface area contributed by atoms with Gasteiger partial charge in [0.15, 0.2) is 0 Å². The van der Waals surface area contributed by atoms with Crippen molar-refractivity contribution in [1.29, 1.82) is 0 Å². The smallest absolute Gasteiger partial charge is 0.353 e. The number of fused-ring (bicyclic) bond motifs is 1. The van der Waals surface area contributed by atoms with E-state index < -0.39 is 17.9 Å². The molecule has 8 atom stereocenters. The molecule has 36 heavy (non-hydrogen) atoms. The summed E-state index contributed by atoms with van der Waals surface area (Å²) < 4.78 is 0. The molecule has 5 rings (SSSR count). The Morgan fingerprint density at radius 3 is 2.69 bits per heavy atom. The summed E-state index contributed by atoms with van der Waals surface area (Å²) in [5, 5.41) is 19.4. The van der Waals surface area contributed by atoms with Crippen molar-refractivity contribution >= 4 is 47.2 Å². The molecule has 0 spiro atoms. The van der Waals surface area contributed by atoms with Gasteiger partial charge in [0.1, 0.15) is 5.70 Å². The summed E-state index contributed by atoms with van der Waals surface area (Å²) >= 11 is 3.12. The molecule has 6 N–H and O–H groups in total. The van der Waals surface area contributed by atoms with Crippen LogP contribution in [0.4, 0.5) is 0 Å². The molecule has 0 saturated carbocycles. The lowest BCUT2D eigenvalue weighted by Crippen LogP contribution is -2.66. The third-order valence-corrected chi connectivity index (χ3v) is 10.4. The third kappa shape index (κ3) is 4.53. The van der Waals surface area contributed by atoms with E-state index in [-0.39, 0.29) is 58.8 Å². The molecule has 0 aromatic rings. The average molecular weight is 539 g/mol. The van der Waals surface area contributed by atoms with E-state index in [9.17, 15) is 24.3 Å². The van der Waals surface area contributed by atoms with Crippen LogP contribution in [0, 0.1) is 11.8 Å². The number of hydrogen-bond acceptors (Lipinski definition) is 9. The van der Waals surface area contributed by atoms with Crippen molar-refractivity contribution in [2.24, 2.45) is 17.6 Å². The zero-order chi connectivity index (χ0) is 25.7. The maximum absolute atomic E-state index is 13.1. The summed E-state index contributed by atoms with van der Waals surface area (Å²) in [6.07, 6.45) is 1.41. The Morgan fingerprint density at radius 2 is 2.06 bits per heavy atom. The van der Waals surface area contributed by atoms with Crippen LogP contribution in [0.2, 0.25) is 0 Å². The zero-order valence-corrected chi connectivity index (χ0v) is 22.1. The third-order valence-electron chi connectivity index (χ3n) is 7.95. The van der Waals surface area contributed by atoms with Crippen LogP contribution in [0.1, 0.15) is 26.7 Å². The van der Waals surface area contributed by atoms with Gasteiger partial charge in [-0.1, -0.05) is 6.92 Å².